The molecule has 1 heterocycles. The molecule has 88 valence electrons. The summed E-state index contributed by atoms with van der Waals surface area (Å²) in [4.78, 5) is 11.0. The second kappa shape index (κ2) is 4.82. The average Bonchev–Trinajstić information content (AvgIpc) is 2.29. The fourth-order valence-electron chi connectivity index (χ4n) is 1.47. The van der Waals surface area contributed by atoms with Gasteiger partial charge >= 0.3 is 0 Å². The summed E-state index contributed by atoms with van der Waals surface area (Å²) in [5.41, 5.74) is 0.975. The van der Waals surface area contributed by atoms with E-state index >= 15 is 0 Å². The highest BCUT2D eigenvalue weighted by molar-refractivity contribution is 5.32. The number of hydrogen-bond acceptors (Lipinski definition) is 3. The Morgan fingerprint density at radius 1 is 1.18 bits per heavy atom. The van der Waals surface area contributed by atoms with E-state index in [0.29, 0.717) is 17.4 Å². The van der Waals surface area contributed by atoms with Crippen molar-refractivity contribution in [3.05, 3.63) is 52.4 Å². The molecule has 0 radical (unpaired) electrons. The second-order valence-electron chi connectivity index (χ2n) is 4.11. The normalized spacial score (nSPS) is 10.5. The number of ether oxygens (including phenoxy) is 1. The highest BCUT2D eigenvalue weighted by Gasteiger charge is 2.01. The molecule has 4 nitrogen and oxygen atoms in total. The lowest BCUT2D eigenvalue weighted by Crippen LogP contribution is -2.05. The third-order valence-electron chi connectivity index (χ3n) is 2.42. The van der Waals surface area contributed by atoms with Gasteiger partial charge in [0.25, 0.3) is 5.56 Å². The predicted octanol–water partition coefficient (Wildman–Crippen LogP) is 2.69. The van der Waals surface area contributed by atoms with E-state index in [1.54, 1.807) is 0 Å². The number of hydrogen-bond donors (Lipinski definition) is 1. The molecule has 0 unspecified atom stereocenters. The predicted molar refractivity (Wildman–Crippen MR) is 65.5 cm³/mol. The fraction of sp³-hybridized carbons (Fsp3) is 0.231. The van der Waals surface area contributed by atoms with Crippen molar-refractivity contribution in [3.63, 3.8) is 0 Å². The molecule has 0 aliphatic heterocycles. The van der Waals surface area contributed by atoms with Crippen LogP contribution in [0.1, 0.15) is 25.3 Å². The van der Waals surface area contributed by atoms with Crippen molar-refractivity contribution >= 4 is 0 Å². The molecule has 2 rings (SSSR count). The lowest BCUT2D eigenvalue weighted by Gasteiger charge is -2.07. The van der Waals surface area contributed by atoms with Gasteiger partial charge in [-0.25, -0.2) is 5.10 Å². The molecule has 0 aliphatic rings. The highest BCUT2D eigenvalue weighted by Crippen LogP contribution is 2.22. The smallest absolute Gasteiger partial charge is 0.267 e. The molecule has 0 saturated heterocycles. The maximum atomic E-state index is 11.0. The van der Waals surface area contributed by atoms with Crippen molar-refractivity contribution < 1.29 is 4.74 Å². The van der Waals surface area contributed by atoms with Gasteiger partial charge in [0.15, 0.2) is 5.75 Å². The molecule has 0 amide bonds. The van der Waals surface area contributed by atoms with Crippen LogP contribution in [0.4, 0.5) is 0 Å². The van der Waals surface area contributed by atoms with Crippen molar-refractivity contribution in [3.8, 4) is 11.5 Å². The van der Waals surface area contributed by atoms with Gasteiger partial charge < -0.3 is 4.74 Å². The zero-order valence-corrected chi connectivity index (χ0v) is 9.81. The molecular weight excluding hydrogens is 216 g/mol. The summed E-state index contributed by atoms with van der Waals surface area (Å²) in [6.07, 6.45) is 1.47. The molecule has 1 N–H and O–H groups in total. The Bertz CT molecular complexity index is 544. The maximum Gasteiger partial charge on any atom is 0.267 e. The van der Waals surface area contributed by atoms with Gasteiger partial charge in [-0.3, -0.25) is 4.79 Å². The van der Waals surface area contributed by atoms with Crippen LogP contribution in [0.15, 0.2) is 41.3 Å². The Labute approximate surface area is 99.3 Å². The molecular formula is C13H14N2O2. The quantitative estimate of drug-likeness (QED) is 0.881. The number of rotatable bonds is 3. The van der Waals surface area contributed by atoms with Gasteiger partial charge in [0, 0.05) is 6.07 Å². The Hall–Kier alpha value is -2.10. The molecule has 17 heavy (non-hydrogen) atoms. The van der Waals surface area contributed by atoms with Gasteiger partial charge in [-0.15, -0.1) is 0 Å². The summed E-state index contributed by atoms with van der Waals surface area (Å²) in [6, 6.07) is 9.16. The molecule has 0 fully saturated rings. The average molecular weight is 230 g/mol. The first-order valence-corrected chi connectivity index (χ1v) is 5.47. The first-order chi connectivity index (χ1) is 8.15. The van der Waals surface area contributed by atoms with Crippen LogP contribution >= 0.6 is 0 Å². The van der Waals surface area contributed by atoms with Crippen molar-refractivity contribution in [2.45, 2.75) is 19.8 Å². The SMILES string of the molecule is CC(C)c1ccc(Oc2cn[nH]c(=O)c2)cc1. The van der Waals surface area contributed by atoms with Gasteiger partial charge in [0.2, 0.25) is 0 Å². The van der Waals surface area contributed by atoms with Crippen molar-refractivity contribution in [2.24, 2.45) is 0 Å². The third kappa shape index (κ3) is 2.93. The van der Waals surface area contributed by atoms with Crippen LogP contribution < -0.4 is 10.3 Å². The van der Waals surface area contributed by atoms with E-state index < -0.39 is 0 Å². The van der Waals surface area contributed by atoms with E-state index in [4.69, 9.17) is 4.74 Å². The number of aromatic amines is 1. The lowest BCUT2D eigenvalue weighted by atomic mass is 10.0. The van der Waals surface area contributed by atoms with Crippen LogP contribution in [0.2, 0.25) is 0 Å². The highest BCUT2D eigenvalue weighted by atomic mass is 16.5. The van der Waals surface area contributed by atoms with Crippen molar-refractivity contribution in [1.82, 2.24) is 10.2 Å². The summed E-state index contributed by atoms with van der Waals surface area (Å²) >= 11 is 0. The van der Waals surface area contributed by atoms with Gasteiger partial charge in [0.1, 0.15) is 5.75 Å². The van der Waals surface area contributed by atoms with Gasteiger partial charge in [-0.2, -0.15) is 5.10 Å². The zero-order valence-electron chi connectivity index (χ0n) is 9.81. The van der Waals surface area contributed by atoms with E-state index in [-0.39, 0.29) is 5.56 Å². The number of benzene rings is 1. The van der Waals surface area contributed by atoms with Crippen LogP contribution in [0.5, 0.6) is 11.5 Å². The summed E-state index contributed by atoms with van der Waals surface area (Å²) in [6.45, 7) is 4.27. The Morgan fingerprint density at radius 3 is 2.47 bits per heavy atom. The second-order valence-corrected chi connectivity index (χ2v) is 4.11. The van der Waals surface area contributed by atoms with Gasteiger partial charge in [-0.05, 0) is 23.6 Å². The van der Waals surface area contributed by atoms with E-state index in [2.05, 4.69) is 24.0 Å². The molecule has 0 saturated carbocycles. The van der Waals surface area contributed by atoms with Crippen LogP contribution in [0, 0.1) is 0 Å². The minimum absolute atomic E-state index is 0.277. The molecule has 2 aromatic rings. The number of nitrogens with zero attached hydrogens (tertiary/aromatic N) is 1. The fourth-order valence-corrected chi connectivity index (χ4v) is 1.47. The van der Waals surface area contributed by atoms with Crippen LogP contribution in [0.25, 0.3) is 0 Å². The van der Waals surface area contributed by atoms with E-state index in [1.165, 1.54) is 17.8 Å². The van der Waals surface area contributed by atoms with Crippen molar-refractivity contribution in [2.75, 3.05) is 0 Å². The van der Waals surface area contributed by atoms with Crippen LogP contribution in [-0.2, 0) is 0 Å². The minimum atomic E-state index is -0.277. The lowest BCUT2D eigenvalue weighted by molar-refractivity contribution is 0.477. The largest absolute Gasteiger partial charge is 0.455 e. The number of aromatic nitrogens is 2. The molecule has 0 spiro atoms. The topological polar surface area (TPSA) is 55.0 Å². The molecule has 0 bridgehead atoms. The molecule has 0 aliphatic carbocycles. The van der Waals surface area contributed by atoms with E-state index in [0.717, 1.165) is 0 Å². The zero-order chi connectivity index (χ0) is 12.3. The third-order valence-corrected chi connectivity index (χ3v) is 2.42. The molecule has 1 aromatic carbocycles. The van der Waals surface area contributed by atoms with Crippen molar-refractivity contribution in [1.29, 1.82) is 0 Å². The monoisotopic (exact) mass is 230 g/mol. The Morgan fingerprint density at radius 2 is 1.88 bits per heavy atom. The summed E-state index contributed by atoms with van der Waals surface area (Å²) in [7, 11) is 0. The molecule has 1 aromatic heterocycles. The van der Waals surface area contributed by atoms with Gasteiger partial charge in [0.05, 0.1) is 6.20 Å². The number of nitrogens with one attached hydrogen (secondary N) is 1. The molecule has 0 atom stereocenters. The summed E-state index contributed by atoms with van der Waals surface area (Å²) < 4.78 is 5.51. The Kier molecular flexibility index (Phi) is 3.23. The first-order valence-electron chi connectivity index (χ1n) is 5.47. The van der Waals surface area contributed by atoms with E-state index in [9.17, 15) is 4.79 Å². The van der Waals surface area contributed by atoms with Gasteiger partial charge in [-0.1, -0.05) is 26.0 Å². The Balaban J connectivity index is 2.16. The summed E-state index contributed by atoms with van der Waals surface area (Å²) in [5, 5.41) is 5.96. The van der Waals surface area contributed by atoms with Crippen LogP contribution in [-0.4, -0.2) is 10.2 Å². The standard InChI is InChI=1S/C13H14N2O2/c1-9(2)10-3-5-11(6-4-10)17-12-7-13(16)15-14-8-12/h3-9H,1-2H3,(H,15,16). The number of H-pyrrole nitrogens is 1. The van der Waals surface area contributed by atoms with Crippen LogP contribution in [0.3, 0.4) is 0 Å². The maximum absolute atomic E-state index is 11.0. The van der Waals surface area contributed by atoms with E-state index in [1.807, 2.05) is 24.3 Å². The minimum Gasteiger partial charge on any atom is -0.455 e. The summed E-state index contributed by atoms with van der Waals surface area (Å²) in [5.74, 6) is 1.62. The molecule has 4 heteroatoms. The first kappa shape index (κ1) is 11.4.